The van der Waals surface area contributed by atoms with Crippen molar-refractivity contribution in [2.45, 2.75) is 12.5 Å². The summed E-state index contributed by atoms with van der Waals surface area (Å²) in [5.41, 5.74) is 6.04. The van der Waals surface area contributed by atoms with Crippen LogP contribution in [-0.2, 0) is 6.61 Å². The molecule has 2 heterocycles. The Morgan fingerprint density at radius 1 is 1.42 bits per heavy atom. The van der Waals surface area contributed by atoms with E-state index in [9.17, 15) is 15.2 Å². The molecule has 7 heteroatoms. The van der Waals surface area contributed by atoms with Crippen LogP contribution < -0.4 is 20.6 Å². The van der Waals surface area contributed by atoms with Crippen molar-refractivity contribution in [1.29, 1.82) is 5.26 Å². The fourth-order valence-corrected chi connectivity index (χ4v) is 2.68. The summed E-state index contributed by atoms with van der Waals surface area (Å²) in [7, 11) is 1.50. The molecule has 0 amide bonds. The van der Waals surface area contributed by atoms with Crippen LogP contribution in [0.4, 0.5) is 0 Å². The Bertz CT molecular complexity index is 923. The van der Waals surface area contributed by atoms with E-state index in [0.717, 1.165) is 6.07 Å². The molecular weight excluding hydrogens is 312 g/mol. The Morgan fingerprint density at radius 2 is 2.17 bits per heavy atom. The Labute approximate surface area is 137 Å². The number of methoxy groups -OCH3 is 1. The van der Waals surface area contributed by atoms with E-state index in [2.05, 4.69) is 0 Å². The van der Waals surface area contributed by atoms with Crippen molar-refractivity contribution in [3.8, 4) is 17.6 Å². The zero-order valence-electron chi connectivity index (χ0n) is 12.8. The summed E-state index contributed by atoms with van der Waals surface area (Å²) < 4.78 is 16.2. The minimum absolute atomic E-state index is 0.0695. The first-order chi connectivity index (χ1) is 11.6. The molecule has 0 radical (unpaired) electrons. The summed E-state index contributed by atoms with van der Waals surface area (Å²) in [5, 5.41) is 18.8. The molecule has 1 aromatic carbocycles. The number of nitrogens with two attached hydrogens (primary N) is 1. The molecule has 0 fully saturated rings. The lowest BCUT2D eigenvalue weighted by Crippen LogP contribution is -2.25. The van der Waals surface area contributed by atoms with Gasteiger partial charge in [0.15, 0.2) is 5.76 Å². The SMILES string of the molecule is COc1ccccc1C1C(C#N)=C(N)Oc2c1oc(CO)cc2=O. The third kappa shape index (κ3) is 2.39. The number of rotatable bonds is 3. The molecule has 0 bridgehead atoms. The van der Waals surface area contributed by atoms with Gasteiger partial charge in [-0.15, -0.1) is 0 Å². The highest BCUT2D eigenvalue weighted by Crippen LogP contribution is 2.43. The molecule has 2 aromatic rings. The van der Waals surface area contributed by atoms with Crippen molar-refractivity contribution in [3.05, 3.63) is 69.1 Å². The van der Waals surface area contributed by atoms with Crippen LogP contribution in [0.25, 0.3) is 0 Å². The zero-order chi connectivity index (χ0) is 17.3. The van der Waals surface area contributed by atoms with E-state index in [4.69, 9.17) is 19.6 Å². The molecule has 122 valence electrons. The van der Waals surface area contributed by atoms with Crippen molar-refractivity contribution in [1.82, 2.24) is 0 Å². The van der Waals surface area contributed by atoms with E-state index >= 15 is 0 Å². The monoisotopic (exact) mass is 326 g/mol. The van der Waals surface area contributed by atoms with Crippen molar-refractivity contribution in [2.75, 3.05) is 7.11 Å². The van der Waals surface area contributed by atoms with Gasteiger partial charge < -0.3 is 24.7 Å². The summed E-state index contributed by atoms with van der Waals surface area (Å²) in [4.78, 5) is 12.2. The molecule has 0 spiro atoms. The number of hydrogen-bond acceptors (Lipinski definition) is 7. The maximum absolute atomic E-state index is 12.2. The molecule has 3 N–H and O–H groups in total. The van der Waals surface area contributed by atoms with Gasteiger partial charge in [0, 0.05) is 11.6 Å². The van der Waals surface area contributed by atoms with Gasteiger partial charge in [0.2, 0.25) is 17.1 Å². The van der Waals surface area contributed by atoms with Gasteiger partial charge in [0.1, 0.15) is 29.8 Å². The number of aliphatic hydroxyl groups is 1. The maximum Gasteiger partial charge on any atom is 0.228 e. The lowest BCUT2D eigenvalue weighted by molar-refractivity contribution is 0.231. The molecule has 24 heavy (non-hydrogen) atoms. The number of nitrogens with zero attached hydrogens (tertiary/aromatic N) is 1. The van der Waals surface area contributed by atoms with Gasteiger partial charge in [-0.05, 0) is 6.07 Å². The fraction of sp³-hybridized carbons (Fsp3) is 0.176. The number of para-hydroxylation sites is 1. The van der Waals surface area contributed by atoms with E-state index in [0.29, 0.717) is 11.3 Å². The summed E-state index contributed by atoms with van der Waals surface area (Å²) in [5.74, 6) is -0.339. The average Bonchev–Trinajstić information content (AvgIpc) is 2.61. The molecule has 1 aliphatic rings. The highest BCUT2D eigenvalue weighted by molar-refractivity contribution is 5.55. The number of nitriles is 1. The van der Waals surface area contributed by atoms with Crippen molar-refractivity contribution >= 4 is 0 Å². The predicted molar refractivity (Wildman–Crippen MR) is 83.2 cm³/mol. The van der Waals surface area contributed by atoms with Crippen molar-refractivity contribution in [2.24, 2.45) is 5.73 Å². The highest BCUT2D eigenvalue weighted by Gasteiger charge is 2.36. The highest BCUT2D eigenvalue weighted by atomic mass is 16.5. The third-order valence-electron chi connectivity index (χ3n) is 3.74. The quantitative estimate of drug-likeness (QED) is 0.874. The largest absolute Gasteiger partial charge is 0.496 e. The van der Waals surface area contributed by atoms with E-state index in [1.807, 2.05) is 6.07 Å². The number of aliphatic hydroxyl groups excluding tert-OH is 1. The van der Waals surface area contributed by atoms with Crippen LogP contribution in [0.15, 0.2) is 51.0 Å². The van der Waals surface area contributed by atoms with Crippen LogP contribution in [0, 0.1) is 11.3 Å². The first-order valence-electron chi connectivity index (χ1n) is 7.09. The molecule has 0 aliphatic carbocycles. The first kappa shape index (κ1) is 15.6. The van der Waals surface area contributed by atoms with E-state index in [1.54, 1.807) is 24.3 Å². The van der Waals surface area contributed by atoms with E-state index < -0.39 is 18.0 Å². The second kappa shape index (κ2) is 6.10. The zero-order valence-corrected chi connectivity index (χ0v) is 12.8. The third-order valence-corrected chi connectivity index (χ3v) is 3.74. The number of ether oxygens (including phenoxy) is 2. The minimum Gasteiger partial charge on any atom is -0.496 e. The molecule has 0 saturated carbocycles. The summed E-state index contributed by atoms with van der Waals surface area (Å²) >= 11 is 0. The fourth-order valence-electron chi connectivity index (χ4n) is 2.68. The van der Waals surface area contributed by atoms with Gasteiger partial charge in [-0.2, -0.15) is 5.26 Å². The Kier molecular flexibility index (Phi) is 3.98. The topological polar surface area (TPSA) is 119 Å². The number of hydrogen-bond donors (Lipinski definition) is 2. The van der Waals surface area contributed by atoms with Gasteiger partial charge in [-0.3, -0.25) is 4.79 Å². The normalized spacial score (nSPS) is 16.1. The van der Waals surface area contributed by atoms with E-state index in [-0.39, 0.29) is 28.7 Å². The van der Waals surface area contributed by atoms with Crippen molar-refractivity contribution in [3.63, 3.8) is 0 Å². The molecule has 0 saturated heterocycles. The standard InChI is InChI=1S/C17H14N2O5/c1-22-13-5-3-2-4-10(13)14-11(7-18)17(19)24-15-12(21)6-9(8-20)23-16(14)15/h2-6,14,20H,8,19H2,1H3. The van der Waals surface area contributed by atoms with Crippen LogP contribution in [0.1, 0.15) is 23.0 Å². The number of benzene rings is 1. The maximum atomic E-state index is 12.2. The second-order valence-electron chi connectivity index (χ2n) is 5.10. The molecule has 1 aliphatic heterocycles. The second-order valence-corrected chi connectivity index (χ2v) is 5.10. The summed E-state index contributed by atoms with van der Waals surface area (Å²) in [6.07, 6.45) is 0. The number of allylic oxidation sites excluding steroid dienone is 1. The molecule has 1 atom stereocenters. The average molecular weight is 326 g/mol. The van der Waals surface area contributed by atoms with Crippen molar-refractivity contribution < 1.29 is 19.0 Å². The predicted octanol–water partition coefficient (Wildman–Crippen LogP) is 1.36. The molecule has 7 nitrogen and oxygen atoms in total. The molecule has 1 unspecified atom stereocenters. The summed E-state index contributed by atoms with van der Waals surface area (Å²) in [6, 6.07) is 10.1. The molecule has 3 rings (SSSR count). The van der Waals surface area contributed by atoms with Crippen LogP contribution >= 0.6 is 0 Å². The summed E-state index contributed by atoms with van der Waals surface area (Å²) in [6.45, 7) is -0.456. The lowest BCUT2D eigenvalue weighted by Gasteiger charge is -2.25. The van der Waals surface area contributed by atoms with Gasteiger partial charge in [0.25, 0.3) is 0 Å². The van der Waals surface area contributed by atoms with Crippen LogP contribution in [0.2, 0.25) is 0 Å². The first-order valence-corrected chi connectivity index (χ1v) is 7.09. The van der Waals surface area contributed by atoms with Crippen LogP contribution in [0.5, 0.6) is 11.5 Å². The number of fused-ring (bicyclic) bond motifs is 1. The van der Waals surface area contributed by atoms with Gasteiger partial charge in [0.05, 0.1) is 13.0 Å². The lowest BCUT2D eigenvalue weighted by atomic mass is 9.87. The molecular formula is C17H14N2O5. The van der Waals surface area contributed by atoms with Crippen LogP contribution in [-0.4, -0.2) is 12.2 Å². The minimum atomic E-state index is -0.769. The van der Waals surface area contributed by atoms with E-state index in [1.165, 1.54) is 7.11 Å². The Hall–Kier alpha value is -3.24. The Morgan fingerprint density at radius 3 is 2.83 bits per heavy atom. The van der Waals surface area contributed by atoms with Crippen LogP contribution in [0.3, 0.4) is 0 Å². The Balaban J connectivity index is 2.33. The molecule has 1 aromatic heterocycles. The van der Waals surface area contributed by atoms with Gasteiger partial charge in [-0.1, -0.05) is 18.2 Å². The van der Waals surface area contributed by atoms with Gasteiger partial charge in [-0.25, -0.2) is 0 Å². The van der Waals surface area contributed by atoms with Gasteiger partial charge >= 0.3 is 0 Å². The smallest absolute Gasteiger partial charge is 0.228 e.